The Labute approximate surface area is 123 Å². The molecule has 0 heterocycles. The molecule has 0 bridgehead atoms. The SMILES string of the molecule is CC(C)[C@@H](NCCCc1c(Cl)cccc1Cl)C(=O)O. The van der Waals surface area contributed by atoms with Crippen molar-refractivity contribution in [3.63, 3.8) is 0 Å². The van der Waals surface area contributed by atoms with Crippen LogP contribution in [-0.2, 0) is 11.2 Å². The van der Waals surface area contributed by atoms with Gasteiger partial charge >= 0.3 is 5.97 Å². The predicted molar refractivity (Wildman–Crippen MR) is 79.0 cm³/mol. The first kappa shape index (κ1) is 16.3. The molecular weight excluding hydrogens is 285 g/mol. The molecule has 1 aromatic carbocycles. The molecule has 1 aromatic rings. The molecule has 1 rings (SSSR count). The van der Waals surface area contributed by atoms with Crippen LogP contribution in [0.25, 0.3) is 0 Å². The lowest BCUT2D eigenvalue weighted by Crippen LogP contribution is -2.41. The van der Waals surface area contributed by atoms with Crippen LogP contribution in [0.15, 0.2) is 18.2 Å². The standard InChI is InChI=1S/C14H19Cl2NO2/c1-9(2)13(14(18)19)17-8-4-5-10-11(15)6-3-7-12(10)16/h3,6-7,9,13,17H,4-5,8H2,1-2H3,(H,18,19)/t13-/m1/s1. The van der Waals surface area contributed by atoms with Crippen LogP contribution < -0.4 is 5.32 Å². The largest absolute Gasteiger partial charge is 0.480 e. The summed E-state index contributed by atoms with van der Waals surface area (Å²) in [4.78, 5) is 11.0. The second-order valence-corrected chi connectivity index (χ2v) is 5.63. The number of benzene rings is 1. The summed E-state index contributed by atoms with van der Waals surface area (Å²) in [7, 11) is 0. The molecule has 0 aliphatic rings. The van der Waals surface area contributed by atoms with E-state index in [-0.39, 0.29) is 5.92 Å². The molecule has 2 N–H and O–H groups in total. The summed E-state index contributed by atoms with van der Waals surface area (Å²) in [6.07, 6.45) is 1.52. The van der Waals surface area contributed by atoms with Crippen LogP contribution in [0.1, 0.15) is 25.8 Å². The number of rotatable bonds is 7. The number of hydrogen-bond acceptors (Lipinski definition) is 2. The molecule has 0 saturated carbocycles. The number of nitrogens with one attached hydrogen (secondary N) is 1. The van der Waals surface area contributed by atoms with E-state index in [1.165, 1.54) is 0 Å². The van der Waals surface area contributed by atoms with Gasteiger partial charge in [0.1, 0.15) is 6.04 Å². The van der Waals surface area contributed by atoms with Crippen LogP contribution in [0, 0.1) is 5.92 Å². The average Bonchev–Trinajstić information content (AvgIpc) is 2.31. The van der Waals surface area contributed by atoms with Crippen molar-refractivity contribution in [2.24, 2.45) is 5.92 Å². The molecule has 106 valence electrons. The molecular formula is C14H19Cl2NO2. The zero-order valence-corrected chi connectivity index (χ0v) is 12.6. The van der Waals surface area contributed by atoms with E-state index in [1.54, 1.807) is 0 Å². The molecule has 0 unspecified atom stereocenters. The minimum atomic E-state index is -0.814. The van der Waals surface area contributed by atoms with E-state index in [4.69, 9.17) is 28.3 Å². The molecule has 0 amide bonds. The van der Waals surface area contributed by atoms with Crippen molar-refractivity contribution in [3.8, 4) is 0 Å². The molecule has 1 atom stereocenters. The fourth-order valence-electron chi connectivity index (χ4n) is 1.90. The highest BCUT2D eigenvalue weighted by molar-refractivity contribution is 6.35. The molecule has 0 aromatic heterocycles. The highest BCUT2D eigenvalue weighted by Gasteiger charge is 2.20. The molecule has 3 nitrogen and oxygen atoms in total. The van der Waals surface area contributed by atoms with Crippen LogP contribution >= 0.6 is 23.2 Å². The van der Waals surface area contributed by atoms with Gasteiger partial charge in [0, 0.05) is 10.0 Å². The number of carbonyl (C=O) groups is 1. The Morgan fingerprint density at radius 3 is 2.37 bits per heavy atom. The van der Waals surface area contributed by atoms with Gasteiger partial charge in [0.25, 0.3) is 0 Å². The highest BCUT2D eigenvalue weighted by atomic mass is 35.5. The third-order valence-electron chi connectivity index (χ3n) is 2.96. The molecule has 0 spiro atoms. The number of hydrogen-bond donors (Lipinski definition) is 2. The third-order valence-corrected chi connectivity index (χ3v) is 3.67. The average molecular weight is 304 g/mol. The summed E-state index contributed by atoms with van der Waals surface area (Å²) >= 11 is 12.1. The number of carboxylic acid groups (broad SMARTS) is 1. The second kappa shape index (κ2) is 7.73. The van der Waals surface area contributed by atoms with Gasteiger partial charge in [-0.2, -0.15) is 0 Å². The van der Waals surface area contributed by atoms with Gasteiger partial charge in [0.05, 0.1) is 0 Å². The summed E-state index contributed by atoms with van der Waals surface area (Å²) < 4.78 is 0. The summed E-state index contributed by atoms with van der Waals surface area (Å²) in [6.45, 7) is 4.39. The fourth-order valence-corrected chi connectivity index (χ4v) is 2.49. The zero-order chi connectivity index (χ0) is 14.4. The Morgan fingerprint density at radius 2 is 1.89 bits per heavy atom. The van der Waals surface area contributed by atoms with Crippen molar-refractivity contribution in [3.05, 3.63) is 33.8 Å². The van der Waals surface area contributed by atoms with Gasteiger partial charge in [-0.3, -0.25) is 4.79 Å². The second-order valence-electron chi connectivity index (χ2n) is 4.82. The minimum Gasteiger partial charge on any atom is -0.480 e. The van der Waals surface area contributed by atoms with E-state index in [0.717, 1.165) is 18.4 Å². The van der Waals surface area contributed by atoms with Crippen molar-refractivity contribution in [1.29, 1.82) is 0 Å². The maximum atomic E-state index is 11.0. The summed E-state index contributed by atoms with van der Waals surface area (Å²) in [6, 6.07) is 4.92. The van der Waals surface area contributed by atoms with Crippen molar-refractivity contribution in [2.45, 2.75) is 32.7 Å². The van der Waals surface area contributed by atoms with Crippen molar-refractivity contribution in [1.82, 2.24) is 5.32 Å². The first-order chi connectivity index (χ1) is 8.93. The quantitative estimate of drug-likeness (QED) is 0.756. The maximum Gasteiger partial charge on any atom is 0.320 e. The molecule has 0 aliphatic heterocycles. The van der Waals surface area contributed by atoms with Crippen molar-refractivity contribution >= 4 is 29.2 Å². The van der Waals surface area contributed by atoms with Crippen LogP contribution in [0.2, 0.25) is 10.0 Å². The van der Waals surface area contributed by atoms with Crippen LogP contribution in [0.3, 0.4) is 0 Å². The van der Waals surface area contributed by atoms with Gasteiger partial charge in [0.15, 0.2) is 0 Å². The zero-order valence-electron chi connectivity index (χ0n) is 11.1. The van der Waals surface area contributed by atoms with E-state index in [2.05, 4.69) is 5.32 Å². The van der Waals surface area contributed by atoms with Gasteiger partial charge in [-0.1, -0.05) is 43.1 Å². The minimum absolute atomic E-state index is 0.0569. The monoisotopic (exact) mass is 303 g/mol. The molecule has 0 fully saturated rings. The Kier molecular flexibility index (Phi) is 6.63. The van der Waals surface area contributed by atoms with Crippen molar-refractivity contribution < 1.29 is 9.90 Å². The van der Waals surface area contributed by atoms with Gasteiger partial charge < -0.3 is 10.4 Å². The topological polar surface area (TPSA) is 49.3 Å². The number of halogens is 2. The Balaban J connectivity index is 2.45. The lowest BCUT2D eigenvalue weighted by atomic mass is 10.0. The van der Waals surface area contributed by atoms with Crippen molar-refractivity contribution in [2.75, 3.05) is 6.54 Å². The van der Waals surface area contributed by atoms with Crippen LogP contribution in [0.4, 0.5) is 0 Å². The van der Waals surface area contributed by atoms with E-state index < -0.39 is 12.0 Å². The maximum absolute atomic E-state index is 11.0. The Morgan fingerprint density at radius 1 is 1.32 bits per heavy atom. The fraction of sp³-hybridized carbons (Fsp3) is 0.500. The van der Waals surface area contributed by atoms with Gasteiger partial charge in [-0.05, 0) is 43.0 Å². The van der Waals surface area contributed by atoms with Crippen LogP contribution in [-0.4, -0.2) is 23.7 Å². The highest BCUT2D eigenvalue weighted by Crippen LogP contribution is 2.25. The van der Waals surface area contributed by atoms with Crippen LogP contribution in [0.5, 0.6) is 0 Å². The van der Waals surface area contributed by atoms with Gasteiger partial charge in [-0.25, -0.2) is 0 Å². The number of aliphatic carboxylic acids is 1. The van der Waals surface area contributed by atoms with E-state index in [9.17, 15) is 4.79 Å². The first-order valence-corrected chi connectivity index (χ1v) is 7.08. The first-order valence-electron chi connectivity index (χ1n) is 6.32. The lowest BCUT2D eigenvalue weighted by Gasteiger charge is -2.18. The molecule has 19 heavy (non-hydrogen) atoms. The normalized spacial score (nSPS) is 12.7. The molecule has 5 heteroatoms. The summed E-state index contributed by atoms with van der Waals surface area (Å²) in [5, 5.41) is 13.4. The lowest BCUT2D eigenvalue weighted by molar-refractivity contribution is -0.140. The molecule has 0 aliphatic carbocycles. The van der Waals surface area contributed by atoms with E-state index in [0.29, 0.717) is 16.6 Å². The molecule has 0 saturated heterocycles. The Hall–Kier alpha value is -0.770. The smallest absolute Gasteiger partial charge is 0.320 e. The number of carboxylic acids is 1. The predicted octanol–water partition coefficient (Wildman–Crippen LogP) is 3.62. The third kappa shape index (κ3) is 5.01. The summed E-state index contributed by atoms with van der Waals surface area (Å²) in [5.41, 5.74) is 0.920. The molecule has 0 radical (unpaired) electrons. The van der Waals surface area contributed by atoms with Gasteiger partial charge in [0.2, 0.25) is 0 Å². The summed E-state index contributed by atoms with van der Waals surface area (Å²) in [5.74, 6) is -0.757. The van der Waals surface area contributed by atoms with E-state index in [1.807, 2.05) is 32.0 Å². The van der Waals surface area contributed by atoms with E-state index >= 15 is 0 Å². The Bertz CT molecular complexity index is 415. The van der Waals surface area contributed by atoms with Gasteiger partial charge in [-0.15, -0.1) is 0 Å².